The number of nitro benzene ring substituents is 1. The van der Waals surface area contributed by atoms with Gasteiger partial charge >= 0.3 is 5.97 Å². The van der Waals surface area contributed by atoms with Gasteiger partial charge in [0.15, 0.2) is 9.84 Å². The molecule has 8 nitrogen and oxygen atoms in total. The largest absolute Gasteiger partial charge is 0.478 e. The summed E-state index contributed by atoms with van der Waals surface area (Å²) in [6.07, 6.45) is 2.79. The van der Waals surface area contributed by atoms with Crippen LogP contribution >= 0.6 is 11.8 Å². The summed E-state index contributed by atoms with van der Waals surface area (Å²) in [7, 11) is -3.77. The summed E-state index contributed by atoms with van der Waals surface area (Å²) >= 11 is 1.38. The Bertz CT molecular complexity index is 934. The molecule has 1 aromatic carbocycles. The van der Waals surface area contributed by atoms with E-state index in [0.717, 1.165) is 6.26 Å². The number of nitrogens with zero attached hydrogens (tertiary/aromatic N) is 1. The lowest BCUT2D eigenvalue weighted by Gasteiger charge is -2.30. The first kappa shape index (κ1) is 20.0. The van der Waals surface area contributed by atoms with Gasteiger partial charge in [0, 0.05) is 35.5 Å². The fraction of sp³-hybridized carbons (Fsp3) is 0.312. The molecule has 0 spiro atoms. The molecule has 0 saturated heterocycles. The number of hydrogen-bond donors (Lipinski definition) is 2. The third-order valence-electron chi connectivity index (χ3n) is 3.92. The van der Waals surface area contributed by atoms with Crippen LogP contribution in [0.25, 0.3) is 0 Å². The van der Waals surface area contributed by atoms with Gasteiger partial charge in [0.05, 0.1) is 21.3 Å². The van der Waals surface area contributed by atoms with Gasteiger partial charge in [0.25, 0.3) is 5.69 Å². The van der Waals surface area contributed by atoms with E-state index in [2.05, 4.69) is 5.32 Å². The molecule has 1 aromatic rings. The van der Waals surface area contributed by atoms with Crippen molar-refractivity contribution in [3.05, 3.63) is 61.8 Å². The zero-order chi connectivity index (χ0) is 19.6. The second-order valence-corrected chi connectivity index (χ2v) is 8.65. The van der Waals surface area contributed by atoms with E-state index in [-0.39, 0.29) is 21.7 Å². The molecule has 0 saturated carbocycles. The predicted octanol–water partition coefficient (Wildman–Crippen LogP) is 2.26. The van der Waals surface area contributed by atoms with Crippen molar-refractivity contribution in [2.45, 2.75) is 12.8 Å². The zero-order valence-electron chi connectivity index (χ0n) is 14.3. The third-order valence-corrected chi connectivity index (χ3v) is 5.84. The van der Waals surface area contributed by atoms with Crippen LogP contribution in [0.2, 0.25) is 0 Å². The Balaban J connectivity index is 2.82. The summed E-state index contributed by atoms with van der Waals surface area (Å²) in [5.74, 6) is -2.06. The number of allylic oxidation sites excluding steroid dienone is 2. The maximum absolute atomic E-state index is 12.4. The van der Waals surface area contributed by atoms with Gasteiger partial charge in [-0.05, 0) is 18.7 Å². The monoisotopic (exact) mass is 398 g/mol. The first-order valence-electron chi connectivity index (χ1n) is 7.45. The van der Waals surface area contributed by atoms with E-state index in [1.165, 1.54) is 36.0 Å². The molecule has 1 heterocycles. The molecule has 0 aliphatic carbocycles. The fourth-order valence-electron chi connectivity index (χ4n) is 3.02. The van der Waals surface area contributed by atoms with Crippen molar-refractivity contribution in [3.8, 4) is 0 Å². The number of carbonyl (C=O) groups is 1. The Labute approximate surface area is 155 Å². The Kier molecular flexibility index (Phi) is 5.77. The molecule has 0 amide bonds. The van der Waals surface area contributed by atoms with Gasteiger partial charge in [-0.15, -0.1) is 0 Å². The Hall–Kier alpha value is -2.33. The van der Waals surface area contributed by atoms with Crippen molar-refractivity contribution in [1.82, 2.24) is 5.32 Å². The van der Waals surface area contributed by atoms with Gasteiger partial charge in [-0.25, -0.2) is 13.2 Å². The number of sulfone groups is 1. The van der Waals surface area contributed by atoms with Crippen molar-refractivity contribution in [2.24, 2.45) is 0 Å². The Morgan fingerprint density at radius 2 is 2.08 bits per heavy atom. The Morgan fingerprint density at radius 1 is 1.42 bits per heavy atom. The van der Waals surface area contributed by atoms with E-state index in [1.54, 1.807) is 13.2 Å². The van der Waals surface area contributed by atoms with Gasteiger partial charge in [-0.3, -0.25) is 10.1 Å². The average Bonchev–Trinajstić information content (AvgIpc) is 2.53. The predicted molar refractivity (Wildman–Crippen MR) is 99.6 cm³/mol. The standard InChI is InChI=1S/C16H18N2O6S2/c1-9-15(26(3,23)24)13(10-5-4-6-11(7-10)18(21)22)14(16(19)20)12(17-9)8-25-2/h4-7,13,17H,8H2,1-3H3,(H,19,20). The lowest BCUT2D eigenvalue weighted by atomic mass is 9.86. The minimum Gasteiger partial charge on any atom is -0.478 e. The van der Waals surface area contributed by atoms with E-state index >= 15 is 0 Å². The highest BCUT2D eigenvalue weighted by Gasteiger charge is 2.38. The quantitative estimate of drug-likeness (QED) is 0.552. The highest BCUT2D eigenvalue weighted by atomic mass is 32.2. The number of benzene rings is 1. The SMILES string of the molecule is CSCC1=C(C(=O)O)C(c2cccc([N+](=O)[O-])c2)C(S(C)(=O)=O)=C(C)N1. The van der Waals surface area contributed by atoms with Crippen LogP contribution in [0.1, 0.15) is 18.4 Å². The van der Waals surface area contributed by atoms with Crippen molar-refractivity contribution in [2.75, 3.05) is 18.3 Å². The van der Waals surface area contributed by atoms with Gasteiger partial charge in [-0.2, -0.15) is 11.8 Å². The first-order chi connectivity index (χ1) is 12.1. The van der Waals surface area contributed by atoms with E-state index in [0.29, 0.717) is 17.1 Å². The number of rotatable bonds is 6. The number of hydrogen-bond acceptors (Lipinski definition) is 7. The molecule has 0 radical (unpaired) electrons. The highest BCUT2D eigenvalue weighted by Crippen LogP contribution is 2.41. The van der Waals surface area contributed by atoms with Crippen LogP contribution in [0, 0.1) is 10.1 Å². The molecule has 140 valence electrons. The average molecular weight is 398 g/mol. The number of carboxylic acid groups (broad SMARTS) is 1. The fourth-order valence-corrected chi connectivity index (χ4v) is 4.82. The minimum atomic E-state index is -3.77. The van der Waals surface area contributed by atoms with Crippen molar-refractivity contribution in [1.29, 1.82) is 0 Å². The number of nitro groups is 1. The van der Waals surface area contributed by atoms with Crippen LogP contribution in [0.4, 0.5) is 5.69 Å². The summed E-state index contributed by atoms with van der Waals surface area (Å²) in [5, 5.41) is 23.7. The summed E-state index contributed by atoms with van der Waals surface area (Å²) in [6, 6.07) is 5.40. The summed E-state index contributed by atoms with van der Waals surface area (Å²) in [5.41, 5.74) is 0.592. The molecule has 1 atom stereocenters. The lowest BCUT2D eigenvalue weighted by molar-refractivity contribution is -0.384. The van der Waals surface area contributed by atoms with Crippen LogP contribution in [0.15, 0.2) is 46.1 Å². The molecule has 26 heavy (non-hydrogen) atoms. The summed E-state index contributed by atoms with van der Waals surface area (Å²) in [6.45, 7) is 1.56. The van der Waals surface area contributed by atoms with Crippen LogP contribution in [-0.4, -0.2) is 42.7 Å². The number of nitrogens with one attached hydrogen (secondary N) is 1. The second-order valence-electron chi connectivity index (χ2n) is 5.80. The van der Waals surface area contributed by atoms with Crippen molar-refractivity contribution in [3.63, 3.8) is 0 Å². The van der Waals surface area contributed by atoms with Gasteiger partial charge in [-0.1, -0.05) is 12.1 Å². The topological polar surface area (TPSA) is 127 Å². The molecule has 0 bridgehead atoms. The first-order valence-corrected chi connectivity index (χ1v) is 10.7. The van der Waals surface area contributed by atoms with Crippen LogP contribution in [-0.2, 0) is 14.6 Å². The molecule has 0 aromatic heterocycles. The maximum atomic E-state index is 12.4. The molecule has 1 aliphatic heterocycles. The van der Waals surface area contributed by atoms with Crippen molar-refractivity contribution >= 4 is 33.3 Å². The van der Waals surface area contributed by atoms with Crippen LogP contribution in [0.5, 0.6) is 0 Å². The van der Waals surface area contributed by atoms with Crippen LogP contribution < -0.4 is 5.32 Å². The number of carboxylic acids is 1. The van der Waals surface area contributed by atoms with E-state index < -0.39 is 26.6 Å². The van der Waals surface area contributed by atoms with Gasteiger partial charge in [0.2, 0.25) is 0 Å². The third kappa shape index (κ3) is 3.91. The number of aliphatic carboxylic acids is 1. The summed E-state index contributed by atoms with van der Waals surface area (Å²) in [4.78, 5) is 22.4. The van der Waals surface area contributed by atoms with Crippen LogP contribution in [0.3, 0.4) is 0 Å². The normalized spacial score (nSPS) is 17.9. The molecule has 1 aliphatic rings. The summed E-state index contributed by atoms with van der Waals surface area (Å²) < 4.78 is 24.8. The zero-order valence-corrected chi connectivity index (χ0v) is 16.0. The molecule has 2 rings (SSSR count). The number of dihydropyridines is 1. The molecular formula is C16H18N2O6S2. The van der Waals surface area contributed by atoms with E-state index in [9.17, 15) is 28.4 Å². The molecule has 1 unspecified atom stereocenters. The van der Waals surface area contributed by atoms with Gasteiger partial charge in [0.1, 0.15) is 0 Å². The molecular weight excluding hydrogens is 380 g/mol. The second kappa shape index (κ2) is 7.50. The van der Waals surface area contributed by atoms with Crippen molar-refractivity contribution < 1.29 is 23.2 Å². The Morgan fingerprint density at radius 3 is 2.58 bits per heavy atom. The number of thioether (sulfide) groups is 1. The minimum absolute atomic E-state index is 0.0970. The van der Waals surface area contributed by atoms with Gasteiger partial charge < -0.3 is 10.4 Å². The molecule has 2 N–H and O–H groups in total. The molecule has 10 heteroatoms. The lowest BCUT2D eigenvalue weighted by Crippen LogP contribution is -2.32. The highest BCUT2D eigenvalue weighted by molar-refractivity contribution is 7.98. The van der Waals surface area contributed by atoms with E-state index in [4.69, 9.17) is 0 Å². The molecule has 0 fully saturated rings. The number of non-ortho nitro benzene ring substituents is 1. The smallest absolute Gasteiger partial charge is 0.334 e. The maximum Gasteiger partial charge on any atom is 0.334 e. The van der Waals surface area contributed by atoms with E-state index in [1.807, 2.05) is 0 Å².